The molecule has 1 aliphatic carbocycles. The third kappa shape index (κ3) is 4.03. The van der Waals surface area contributed by atoms with Crippen LogP contribution in [0.15, 0.2) is 61.2 Å². The highest BCUT2D eigenvalue weighted by atomic mass is 35.5. The quantitative estimate of drug-likeness (QED) is 0.302. The van der Waals surface area contributed by atoms with Crippen molar-refractivity contribution in [1.29, 1.82) is 0 Å². The third-order valence-corrected chi connectivity index (χ3v) is 7.52. The van der Waals surface area contributed by atoms with E-state index in [1.54, 1.807) is 17.5 Å². The van der Waals surface area contributed by atoms with Crippen LogP contribution in [0.1, 0.15) is 32.8 Å². The molecule has 0 aliphatic heterocycles. The number of nitrogens with zero attached hydrogens (tertiary/aromatic N) is 2. The largest absolute Gasteiger partial charge is 0.293 e. The summed E-state index contributed by atoms with van der Waals surface area (Å²) in [6.45, 7) is 0. The maximum atomic E-state index is 13.1. The number of aryl methyl sites for hydroxylation is 2. The van der Waals surface area contributed by atoms with Crippen molar-refractivity contribution >= 4 is 40.3 Å². The molecule has 1 aliphatic rings. The fourth-order valence-electron chi connectivity index (χ4n) is 4.02. The minimum Gasteiger partial charge on any atom is -0.293 e. The molecule has 0 saturated carbocycles. The van der Waals surface area contributed by atoms with Gasteiger partial charge in [0.2, 0.25) is 0 Å². The molecular formula is C25H18Cl2N2OS. The number of ketones is 1. The number of pyridine rings is 2. The Hall–Kier alpha value is -2.53. The lowest BCUT2D eigenvalue weighted by atomic mass is 9.98. The maximum Gasteiger partial charge on any atom is 0.177 e. The van der Waals surface area contributed by atoms with Gasteiger partial charge in [0.15, 0.2) is 5.78 Å². The van der Waals surface area contributed by atoms with Crippen molar-refractivity contribution in [3.05, 3.63) is 92.8 Å². The normalized spacial score (nSPS) is 12.7. The summed E-state index contributed by atoms with van der Waals surface area (Å²) in [5.74, 6) is 0.0260. The number of thiophene rings is 1. The Morgan fingerprint density at radius 3 is 2.52 bits per heavy atom. The maximum absolute atomic E-state index is 13.1. The summed E-state index contributed by atoms with van der Waals surface area (Å²) < 4.78 is 0. The summed E-state index contributed by atoms with van der Waals surface area (Å²) in [6.07, 6.45) is 9.95. The van der Waals surface area contributed by atoms with E-state index in [4.69, 9.17) is 23.2 Å². The molecule has 3 aromatic heterocycles. The van der Waals surface area contributed by atoms with Gasteiger partial charge in [-0.1, -0.05) is 41.4 Å². The first-order chi connectivity index (χ1) is 15.1. The number of benzene rings is 1. The minimum atomic E-state index is 0.0260. The number of hydrogen-bond acceptors (Lipinski definition) is 4. The fourth-order valence-corrected chi connectivity index (χ4v) is 5.72. The standard InChI is InChI=1S/C25H18Cl2N2OS/c26-21-13-29-14-22(27)20(21)11-23(30)24-10-17-4-1-3-15-6-7-16(9-19(15)25(17)31-24)18-5-2-8-28-12-18/h2,5-10,12-14H,1,3-4,11H2. The van der Waals surface area contributed by atoms with Crippen molar-refractivity contribution in [2.24, 2.45) is 0 Å². The molecule has 0 N–H and O–H groups in total. The zero-order valence-corrected chi connectivity index (χ0v) is 18.9. The molecule has 6 heteroatoms. The topological polar surface area (TPSA) is 42.9 Å². The van der Waals surface area contributed by atoms with Gasteiger partial charge in [-0.3, -0.25) is 14.8 Å². The monoisotopic (exact) mass is 464 g/mol. The van der Waals surface area contributed by atoms with E-state index in [9.17, 15) is 4.79 Å². The van der Waals surface area contributed by atoms with Gasteiger partial charge in [0.05, 0.1) is 14.9 Å². The molecule has 5 rings (SSSR count). The van der Waals surface area contributed by atoms with Gasteiger partial charge in [0.25, 0.3) is 0 Å². The molecule has 0 unspecified atom stereocenters. The number of fused-ring (bicyclic) bond motifs is 3. The van der Waals surface area contributed by atoms with E-state index in [-0.39, 0.29) is 12.2 Å². The second kappa shape index (κ2) is 8.54. The average molecular weight is 465 g/mol. The first-order valence-electron chi connectivity index (χ1n) is 10.1. The zero-order chi connectivity index (χ0) is 21.4. The van der Waals surface area contributed by atoms with Gasteiger partial charge >= 0.3 is 0 Å². The molecule has 0 fully saturated rings. The number of hydrogen-bond donors (Lipinski definition) is 0. The number of Topliss-reactive ketones (excluding diaryl/α,β-unsaturated/α-hetero) is 1. The molecule has 4 aromatic rings. The summed E-state index contributed by atoms with van der Waals surface area (Å²) in [7, 11) is 0. The van der Waals surface area contributed by atoms with E-state index in [1.165, 1.54) is 34.0 Å². The van der Waals surface area contributed by atoms with Gasteiger partial charge in [0, 0.05) is 47.2 Å². The van der Waals surface area contributed by atoms with E-state index in [1.807, 2.05) is 12.3 Å². The summed E-state index contributed by atoms with van der Waals surface area (Å²) in [5.41, 5.74) is 6.64. The lowest BCUT2D eigenvalue weighted by Gasteiger charge is -2.09. The molecule has 0 saturated heterocycles. The number of carbonyl (C=O) groups excluding carboxylic acids is 1. The van der Waals surface area contributed by atoms with Crippen LogP contribution in [0.3, 0.4) is 0 Å². The van der Waals surface area contributed by atoms with Gasteiger partial charge in [0.1, 0.15) is 0 Å². The Balaban J connectivity index is 1.53. The Morgan fingerprint density at radius 2 is 1.74 bits per heavy atom. The third-order valence-electron chi connectivity index (χ3n) is 5.62. The van der Waals surface area contributed by atoms with Crippen LogP contribution in [0.2, 0.25) is 10.0 Å². The lowest BCUT2D eigenvalue weighted by molar-refractivity contribution is 0.0996. The van der Waals surface area contributed by atoms with Crippen LogP contribution in [-0.2, 0) is 19.3 Å². The van der Waals surface area contributed by atoms with E-state index in [0.29, 0.717) is 15.6 Å². The predicted molar refractivity (Wildman–Crippen MR) is 127 cm³/mol. The molecule has 0 amide bonds. The minimum absolute atomic E-state index is 0.0260. The number of aromatic nitrogens is 2. The molecule has 3 heterocycles. The Bertz CT molecular complexity index is 1260. The summed E-state index contributed by atoms with van der Waals surface area (Å²) in [5, 5.41) is 0.843. The van der Waals surface area contributed by atoms with Gasteiger partial charge < -0.3 is 0 Å². The number of carbonyl (C=O) groups is 1. The first kappa shape index (κ1) is 20.4. The predicted octanol–water partition coefficient (Wildman–Crippen LogP) is 7.09. The van der Waals surface area contributed by atoms with E-state index >= 15 is 0 Å². The summed E-state index contributed by atoms with van der Waals surface area (Å²) in [4.78, 5) is 23.2. The second-order valence-corrected chi connectivity index (χ2v) is 9.48. The van der Waals surface area contributed by atoms with Crippen molar-refractivity contribution in [2.75, 3.05) is 0 Å². The van der Waals surface area contributed by atoms with Crippen molar-refractivity contribution < 1.29 is 4.79 Å². The van der Waals surface area contributed by atoms with E-state index in [0.717, 1.165) is 35.3 Å². The molecule has 31 heavy (non-hydrogen) atoms. The van der Waals surface area contributed by atoms with E-state index < -0.39 is 0 Å². The van der Waals surface area contributed by atoms with Gasteiger partial charge in [-0.15, -0.1) is 11.3 Å². The van der Waals surface area contributed by atoms with E-state index in [2.05, 4.69) is 40.3 Å². The van der Waals surface area contributed by atoms with Gasteiger partial charge in [-0.2, -0.15) is 0 Å². The zero-order valence-electron chi connectivity index (χ0n) is 16.6. The summed E-state index contributed by atoms with van der Waals surface area (Å²) >= 11 is 14.0. The molecular weight excluding hydrogens is 447 g/mol. The van der Waals surface area contributed by atoms with Gasteiger partial charge in [-0.05, 0) is 59.7 Å². The molecule has 0 bridgehead atoms. The highest BCUT2D eigenvalue weighted by Gasteiger charge is 2.22. The summed E-state index contributed by atoms with van der Waals surface area (Å²) in [6, 6.07) is 12.7. The van der Waals surface area contributed by atoms with Crippen molar-refractivity contribution in [1.82, 2.24) is 9.97 Å². The van der Waals surface area contributed by atoms with Gasteiger partial charge in [-0.25, -0.2) is 0 Å². The number of halogens is 2. The van der Waals surface area contributed by atoms with Crippen LogP contribution in [-0.4, -0.2) is 15.8 Å². The number of rotatable bonds is 4. The van der Waals surface area contributed by atoms with Crippen molar-refractivity contribution in [3.8, 4) is 21.6 Å². The fraction of sp³-hybridized carbons (Fsp3) is 0.160. The molecule has 0 radical (unpaired) electrons. The van der Waals surface area contributed by atoms with Crippen LogP contribution < -0.4 is 0 Å². The molecule has 154 valence electrons. The molecule has 1 aromatic carbocycles. The molecule has 3 nitrogen and oxygen atoms in total. The Kier molecular flexibility index (Phi) is 5.61. The highest BCUT2D eigenvalue weighted by molar-refractivity contribution is 7.17. The highest BCUT2D eigenvalue weighted by Crippen LogP contribution is 2.41. The Labute approximate surface area is 194 Å². The van der Waals surface area contributed by atoms with Crippen LogP contribution in [0.25, 0.3) is 21.6 Å². The smallest absolute Gasteiger partial charge is 0.177 e. The van der Waals surface area contributed by atoms with Crippen LogP contribution in [0.4, 0.5) is 0 Å². The average Bonchev–Trinajstić information content (AvgIpc) is 3.14. The van der Waals surface area contributed by atoms with Crippen molar-refractivity contribution in [3.63, 3.8) is 0 Å². The van der Waals surface area contributed by atoms with Crippen LogP contribution in [0, 0.1) is 0 Å². The SMILES string of the molecule is O=C(Cc1c(Cl)cncc1Cl)c1cc2c(s1)-c1cc(-c3cccnc3)ccc1CCC2. The van der Waals surface area contributed by atoms with Crippen LogP contribution >= 0.6 is 34.5 Å². The molecule has 0 spiro atoms. The first-order valence-corrected chi connectivity index (χ1v) is 11.6. The van der Waals surface area contributed by atoms with Crippen molar-refractivity contribution in [2.45, 2.75) is 25.7 Å². The Morgan fingerprint density at radius 1 is 0.935 bits per heavy atom. The lowest BCUT2D eigenvalue weighted by Crippen LogP contribution is -2.03. The second-order valence-electron chi connectivity index (χ2n) is 7.61. The van der Waals surface area contributed by atoms with Crippen LogP contribution in [0.5, 0.6) is 0 Å². The molecule has 0 atom stereocenters.